The summed E-state index contributed by atoms with van der Waals surface area (Å²) in [6, 6.07) is 7.06. The first-order valence-electron chi connectivity index (χ1n) is 6.40. The van der Waals surface area contributed by atoms with Gasteiger partial charge >= 0.3 is 5.16 Å². The summed E-state index contributed by atoms with van der Waals surface area (Å²) >= 11 is -1.39. The fourth-order valence-electron chi connectivity index (χ4n) is 2.33. The molecule has 1 atom stereocenters. The van der Waals surface area contributed by atoms with Crippen LogP contribution in [0.3, 0.4) is 0 Å². The Labute approximate surface area is 131 Å². The highest BCUT2D eigenvalue weighted by atomic mass is 32.2. The highest BCUT2D eigenvalue weighted by Crippen LogP contribution is 2.41. The van der Waals surface area contributed by atoms with Crippen LogP contribution in [0.5, 0.6) is 0 Å². The summed E-state index contributed by atoms with van der Waals surface area (Å²) in [4.78, 5) is 8.13. The van der Waals surface area contributed by atoms with Crippen molar-refractivity contribution in [2.45, 2.75) is 10.1 Å². The van der Waals surface area contributed by atoms with E-state index in [9.17, 15) is 13.0 Å². The zero-order valence-corrected chi connectivity index (χ0v) is 13.4. The van der Waals surface area contributed by atoms with Crippen molar-refractivity contribution in [1.82, 2.24) is 9.97 Å². The Bertz CT molecular complexity index is 850. The van der Waals surface area contributed by atoms with E-state index in [0.717, 1.165) is 0 Å². The molecule has 0 fully saturated rings. The van der Waals surface area contributed by atoms with Crippen LogP contribution in [0, 0.1) is 0 Å². The molecular formula is C14H13N3O3S2. The third-order valence-electron chi connectivity index (χ3n) is 3.28. The zero-order valence-electron chi connectivity index (χ0n) is 11.8. The Morgan fingerprint density at radius 1 is 1.41 bits per heavy atom. The molecule has 22 heavy (non-hydrogen) atoms. The minimum atomic E-state index is -3.76. The number of rotatable bonds is 3. The van der Waals surface area contributed by atoms with Crippen LogP contribution in [0.25, 0.3) is 11.3 Å². The number of fused-ring (bicyclic) bond motifs is 3. The molecule has 1 aromatic heterocycles. The summed E-state index contributed by atoms with van der Waals surface area (Å²) in [7, 11) is -3.76. The maximum atomic E-state index is 12.8. The molecular weight excluding hydrogens is 322 g/mol. The lowest BCUT2D eigenvalue weighted by atomic mass is 10.1. The van der Waals surface area contributed by atoms with Crippen LogP contribution in [-0.4, -0.2) is 35.7 Å². The van der Waals surface area contributed by atoms with E-state index in [1.807, 2.05) is 0 Å². The summed E-state index contributed by atoms with van der Waals surface area (Å²) in [5.41, 5.74) is 1.49. The second-order valence-corrected chi connectivity index (χ2v) is 7.77. The number of nitrogens with zero attached hydrogens (tertiary/aromatic N) is 3. The molecule has 0 saturated carbocycles. The summed E-state index contributed by atoms with van der Waals surface area (Å²) in [5, 5.41) is 0.112. The maximum absolute atomic E-state index is 12.8. The monoisotopic (exact) mass is 335 g/mol. The molecule has 8 heteroatoms. The molecule has 0 spiro atoms. The predicted molar refractivity (Wildman–Crippen MR) is 84.5 cm³/mol. The maximum Gasteiger partial charge on any atom is 0.343 e. The van der Waals surface area contributed by atoms with Gasteiger partial charge in [-0.3, -0.25) is 4.31 Å². The van der Waals surface area contributed by atoms with Gasteiger partial charge in [-0.1, -0.05) is 24.3 Å². The standard InChI is InChI=1S/C14H13N3O3S2/c1-3-8-17-11-7-5-4-6-10(11)13-12(22(17,19)20)9-15-14(16-13)21(2)18/h3-7,9H,1,8H2,2H3. The van der Waals surface area contributed by atoms with E-state index in [1.165, 1.54) is 22.8 Å². The molecule has 0 amide bonds. The van der Waals surface area contributed by atoms with Crippen molar-refractivity contribution >= 4 is 26.9 Å². The molecule has 0 bridgehead atoms. The second-order valence-electron chi connectivity index (χ2n) is 4.66. The number of benzene rings is 1. The molecule has 3 rings (SSSR count). The topological polar surface area (TPSA) is 86.2 Å². The van der Waals surface area contributed by atoms with Crippen molar-refractivity contribution in [3.8, 4) is 11.3 Å². The van der Waals surface area contributed by atoms with Crippen LogP contribution in [0.4, 0.5) is 5.69 Å². The summed E-state index contributed by atoms with van der Waals surface area (Å²) in [5.74, 6) is 0. The molecule has 1 aromatic carbocycles. The van der Waals surface area contributed by atoms with Crippen molar-refractivity contribution in [3.05, 3.63) is 43.1 Å². The highest BCUT2D eigenvalue weighted by molar-refractivity contribution is 7.93. The normalized spacial score (nSPS) is 16.5. The first-order chi connectivity index (χ1) is 10.5. The van der Waals surface area contributed by atoms with E-state index in [-0.39, 0.29) is 22.3 Å². The molecule has 1 aliphatic heterocycles. The van der Waals surface area contributed by atoms with Crippen LogP contribution >= 0.6 is 0 Å². The van der Waals surface area contributed by atoms with Gasteiger partial charge in [0, 0.05) is 16.7 Å². The molecule has 0 radical (unpaired) electrons. The largest absolute Gasteiger partial charge is 0.609 e. The number of anilines is 1. The number of aromatic nitrogens is 2. The summed E-state index contributed by atoms with van der Waals surface area (Å²) in [6.45, 7) is 3.76. The van der Waals surface area contributed by atoms with Gasteiger partial charge in [0.15, 0.2) is 0 Å². The van der Waals surface area contributed by atoms with Gasteiger partial charge in [-0.15, -0.1) is 6.58 Å². The van der Waals surface area contributed by atoms with Crippen LogP contribution in [-0.2, 0) is 21.2 Å². The Morgan fingerprint density at radius 3 is 2.82 bits per heavy atom. The zero-order chi connectivity index (χ0) is 15.9. The van der Waals surface area contributed by atoms with E-state index < -0.39 is 21.2 Å². The van der Waals surface area contributed by atoms with Crippen molar-refractivity contribution in [2.75, 3.05) is 17.1 Å². The van der Waals surface area contributed by atoms with Gasteiger partial charge in [0.25, 0.3) is 10.0 Å². The van der Waals surface area contributed by atoms with Gasteiger partial charge in [0.1, 0.15) is 16.8 Å². The van der Waals surface area contributed by atoms with Crippen molar-refractivity contribution < 1.29 is 13.0 Å². The fourth-order valence-corrected chi connectivity index (χ4v) is 4.29. The molecule has 1 aliphatic rings. The van der Waals surface area contributed by atoms with Gasteiger partial charge in [0.2, 0.25) is 0 Å². The number of hydrogen-bond acceptors (Lipinski definition) is 5. The molecule has 0 N–H and O–H groups in total. The first-order valence-corrected chi connectivity index (χ1v) is 9.40. The van der Waals surface area contributed by atoms with Crippen molar-refractivity contribution in [1.29, 1.82) is 0 Å². The molecule has 1 unspecified atom stereocenters. The molecule has 6 nitrogen and oxygen atoms in total. The third kappa shape index (κ3) is 2.20. The molecule has 0 saturated heterocycles. The van der Waals surface area contributed by atoms with Crippen LogP contribution < -0.4 is 4.31 Å². The molecule has 114 valence electrons. The minimum absolute atomic E-state index is 0.0160. The van der Waals surface area contributed by atoms with E-state index in [2.05, 4.69) is 16.5 Å². The lowest BCUT2D eigenvalue weighted by Crippen LogP contribution is -2.35. The van der Waals surface area contributed by atoms with E-state index in [4.69, 9.17) is 0 Å². The average molecular weight is 335 g/mol. The van der Waals surface area contributed by atoms with Crippen LogP contribution in [0.1, 0.15) is 0 Å². The Balaban J connectivity index is 2.34. The van der Waals surface area contributed by atoms with Crippen molar-refractivity contribution in [3.63, 3.8) is 0 Å². The summed E-state index contributed by atoms with van der Waals surface area (Å²) in [6.07, 6.45) is 4.20. The SMILES string of the molecule is C=CCN1c2ccccc2-c2nc([S+](C)[O-])ncc2S1(=O)=O. The van der Waals surface area contributed by atoms with Gasteiger partial charge in [-0.05, 0) is 6.07 Å². The minimum Gasteiger partial charge on any atom is -0.609 e. The predicted octanol–water partition coefficient (Wildman–Crippen LogP) is 1.58. The smallest absolute Gasteiger partial charge is 0.343 e. The highest BCUT2D eigenvalue weighted by Gasteiger charge is 2.36. The van der Waals surface area contributed by atoms with Gasteiger partial charge in [-0.25, -0.2) is 8.42 Å². The van der Waals surface area contributed by atoms with Crippen LogP contribution in [0.15, 0.2) is 53.2 Å². The molecule has 0 aliphatic carbocycles. The van der Waals surface area contributed by atoms with E-state index in [1.54, 1.807) is 24.3 Å². The summed E-state index contributed by atoms with van der Waals surface area (Å²) < 4.78 is 38.4. The average Bonchev–Trinajstić information content (AvgIpc) is 2.51. The van der Waals surface area contributed by atoms with Gasteiger partial charge in [0.05, 0.1) is 18.4 Å². The fraction of sp³-hybridized carbons (Fsp3) is 0.143. The Morgan fingerprint density at radius 2 is 2.14 bits per heavy atom. The Kier molecular flexibility index (Phi) is 3.67. The lowest BCUT2D eigenvalue weighted by molar-refractivity contribution is 0.584. The quantitative estimate of drug-likeness (QED) is 0.483. The van der Waals surface area contributed by atoms with E-state index >= 15 is 0 Å². The van der Waals surface area contributed by atoms with E-state index in [0.29, 0.717) is 11.3 Å². The number of hydrogen-bond donors (Lipinski definition) is 0. The Hall–Kier alpha value is -1.90. The number of sulfonamides is 1. The van der Waals surface area contributed by atoms with Crippen LogP contribution in [0.2, 0.25) is 0 Å². The third-order valence-corrected chi connectivity index (χ3v) is 5.77. The second kappa shape index (κ2) is 5.38. The lowest BCUT2D eigenvalue weighted by Gasteiger charge is -2.30. The van der Waals surface area contributed by atoms with Gasteiger partial charge in [-0.2, -0.15) is 9.97 Å². The number of para-hydroxylation sites is 1. The van der Waals surface area contributed by atoms with Gasteiger partial charge < -0.3 is 4.55 Å². The van der Waals surface area contributed by atoms with Crippen molar-refractivity contribution in [2.24, 2.45) is 0 Å². The molecule has 2 aromatic rings. The molecule has 2 heterocycles. The first kappa shape index (κ1) is 15.0.